The van der Waals surface area contributed by atoms with E-state index in [0.29, 0.717) is 6.04 Å². The molecule has 0 unspecified atom stereocenters. The van der Waals surface area contributed by atoms with Crippen molar-refractivity contribution in [1.82, 2.24) is 9.97 Å². The van der Waals surface area contributed by atoms with Gasteiger partial charge in [0.2, 0.25) is 0 Å². The van der Waals surface area contributed by atoms with Crippen LogP contribution < -0.4 is 4.90 Å². The molecular weight excluding hydrogens is 218 g/mol. The highest BCUT2D eigenvalue weighted by Crippen LogP contribution is 2.26. The van der Waals surface area contributed by atoms with E-state index in [4.69, 9.17) is 5.11 Å². The van der Waals surface area contributed by atoms with E-state index in [1.807, 2.05) is 17.9 Å². The average Bonchev–Trinajstić information content (AvgIpc) is 2.79. The van der Waals surface area contributed by atoms with Crippen LogP contribution in [0.3, 0.4) is 0 Å². The molecule has 0 radical (unpaired) electrons. The number of aliphatic carboxylic acids is 1. The van der Waals surface area contributed by atoms with Crippen LogP contribution in [0, 0.1) is 6.92 Å². The maximum atomic E-state index is 10.9. The van der Waals surface area contributed by atoms with Crippen LogP contribution in [0.1, 0.15) is 31.4 Å². The monoisotopic (exact) mass is 235 g/mol. The highest BCUT2D eigenvalue weighted by atomic mass is 16.4. The molecule has 0 atom stereocenters. The highest BCUT2D eigenvalue weighted by molar-refractivity contribution is 5.73. The Morgan fingerprint density at radius 1 is 1.47 bits per heavy atom. The number of hydrogen-bond donors (Lipinski definition) is 1. The number of nitrogens with zero attached hydrogens (tertiary/aromatic N) is 3. The van der Waals surface area contributed by atoms with Crippen molar-refractivity contribution in [3.63, 3.8) is 0 Å². The molecule has 0 spiro atoms. The Bertz CT molecular complexity index is 402. The molecule has 1 saturated carbocycles. The van der Waals surface area contributed by atoms with Crippen LogP contribution in [0.25, 0.3) is 0 Å². The second kappa shape index (κ2) is 5.12. The third-order valence-corrected chi connectivity index (χ3v) is 3.15. The summed E-state index contributed by atoms with van der Waals surface area (Å²) in [5, 5.41) is 8.99. The van der Waals surface area contributed by atoms with Crippen molar-refractivity contribution in [2.75, 3.05) is 11.4 Å². The first-order valence-electron chi connectivity index (χ1n) is 5.94. The first-order valence-corrected chi connectivity index (χ1v) is 5.94. The van der Waals surface area contributed by atoms with Crippen molar-refractivity contribution in [3.05, 3.63) is 18.1 Å². The van der Waals surface area contributed by atoms with Gasteiger partial charge in [0.15, 0.2) is 0 Å². The summed E-state index contributed by atoms with van der Waals surface area (Å²) in [5.41, 5.74) is 0.864. The Hall–Kier alpha value is -1.65. The molecule has 1 aromatic heterocycles. The largest absolute Gasteiger partial charge is 0.480 e. The lowest BCUT2D eigenvalue weighted by molar-refractivity contribution is -0.135. The number of aryl methyl sites for hydroxylation is 1. The lowest BCUT2D eigenvalue weighted by Gasteiger charge is -2.28. The van der Waals surface area contributed by atoms with Gasteiger partial charge in [0.1, 0.15) is 18.7 Å². The van der Waals surface area contributed by atoms with Crippen LogP contribution in [0.15, 0.2) is 12.4 Å². The number of anilines is 1. The summed E-state index contributed by atoms with van der Waals surface area (Å²) in [4.78, 5) is 21.1. The van der Waals surface area contributed by atoms with E-state index >= 15 is 0 Å². The zero-order valence-corrected chi connectivity index (χ0v) is 9.96. The Morgan fingerprint density at radius 3 is 2.76 bits per heavy atom. The summed E-state index contributed by atoms with van der Waals surface area (Å²) in [5.74, 6) is -0.0834. The summed E-state index contributed by atoms with van der Waals surface area (Å²) in [6.07, 6.45) is 5.94. The zero-order chi connectivity index (χ0) is 12.3. The number of carboxylic acid groups (broad SMARTS) is 1. The lowest BCUT2D eigenvalue weighted by atomic mass is 10.2. The van der Waals surface area contributed by atoms with Crippen LogP contribution in [0.4, 0.5) is 5.82 Å². The summed E-state index contributed by atoms with van der Waals surface area (Å²) in [7, 11) is 0. The summed E-state index contributed by atoms with van der Waals surface area (Å²) in [6.45, 7) is 1.90. The molecule has 5 nitrogen and oxygen atoms in total. The molecule has 0 aromatic carbocycles. The molecule has 1 heterocycles. The molecule has 2 rings (SSSR count). The van der Waals surface area contributed by atoms with E-state index < -0.39 is 5.97 Å². The fraction of sp³-hybridized carbons (Fsp3) is 0.583. The van der Waals surface area contributed by atoms with Gasteiger partial charge in [0.25, 0.3) is 0 Å². The molecule has 1 fully saturated rings. The third kappa shape index (κ3) is 2.93. The predicted molar refractivity (Wildman–Crippen MR) is 64.0 cm³/mol. The van der Waals surface area contributed by atoms with Gasteiger partial charge in [-0.05, 0) is 19.8 Å². The first-order chi connectivity index (χ1) is 8.16. The van der Waals surface area contributed by atoms with E-state index in [1.165, 1.54) is 19.2 Å². The Labute approximate surface area is 100 Å². The summed E-state index contributed by atoms with van der Waals surface area (Å²) >= 11 is 0. The Kier molecular flexibility index (Phi) is 3.56. The van der Waals surface area contributed by atoms with E-state index in [1.54, 1.807) is 0 Å². The van der Waals surface area contributed by atoms with Gasteiger partial charge in [-0.3, -0.25) is 4.79 Å². The van der Waals surface area contributed by atoms with Crippen molar-refractivity contribution in [1.29, 1.82) is 0 Å². The smallest absolute Gasteiger partial charge is 0.323 e. The van der Waals surface area contributed by atoms with Gasteiger partial charge < -0.3 is 10.0 Å². The molecule has 0 amide bonds. The zero-order valence-electron chi connectivity index (χ0n) is 9.96. The van der Waals surface area contributed by atoms with Crippen LogP contribution >= 0.6 is 0 Å². The molecule has 1 aliphatic rings. The third-order valence-electron chi connectivity index (χ3n) is 3.15. The summed E-state index contributed by atoms with van der Waals surface area (Å²) in [6, 6.07) is 2.15. The van der Waals surface area contributed by atoms with Gasteiger partial charge in [0, 0.05) is 17.8 Å². The average molecular weight is 235 g/mol. The van der Waals surface area contributed by atoms with Crippen molar-refractivity contribution < 1.29 is 9.90 Å². The van der Waals surface area contributed by atoms with Gasteiger partial charge in [-0.1, -0.05) is 12.8 Å². The number of carboxylic acids is 1. The second-order valence-electron chi connectivity index (χ2n) is 4.48. The SMILES string of the molecule is Cc1cc(N(CC(=O)O)C2CCCC2)ncn1. The topological polar surface area (TPSA) is 66.3 Å². The van der Waals surface area contributed by atoms with Crippen LogP contribution in [0.2, 0.25) is 0 Å². The number of carbonyl (C=O) groups is 1. The molecule has 1 N–H and O–H groups in total. The van der Waals surface area contributed by atoms with Crippen molar-refractivity contribution in [3.8, 4) is 0 Å². The number of rotatable bonds is 4. The minimum Gasteiger partial charge on any atom is -0.480 e. The van der Waals surface area contributed by atoms with Crippen LogP contribution in [-0.2, 0) is 4.79 Å². The van der Waals surface area contributed by atoms with Crippen molar-refractivity contribution in [2.24, 2.45) is 0 Å². The molecule has 92 valence electrons. The number of hydrogen-bond acceptors (Lipinski definition) is 4. The van der Waals surface area contributed by atoms with E-state index in [0.717, 1.165) is 24.4 Å². The quantitative estimate of drug-likeness (QED) is 0.859. The number of aromatic nitrogens is 2. The molecule has 5 heteroatoms. The van der Waals surface area contributed by atoms with E-state index in [9.17, 15) is 4.79 Å². The van der Waals surface area contributed by atoms with Gasteiger partial charge >= 0.3 is 5.97 Å². The van der Waals surface area contributed by atoms with Crippen LogP contribution in [0.5, 0.6) is 0 Å². The summed E-state index contributed by atoms with van der Waals surface area (Å²) < 4.78 is 0. The maximum absolute atomic E-state index is 10.9. The van der Waals surface area contributed by atoms with E-state index in [-0.39, 0.29) is 6.54 Å². The first kappa shape index (κ1) is 11.8. The molecule has 1 aliphatic carbocycles. The normalized spacial score (nSPS) is 16.1. The minimum atomic E-state index is -0.812. The molecule has 0 aliphatic heterocycles. The second-order valence-corrected chi connectivity index (χ2v) is 4.48. The van der Waals surface area contributed by atoms with Gasteiger partial charge in [-0.2, -0.15) is 0 Å². The fourth-order valence-electron chi connectivity index (χ4n) is 2.36. The molecular formula is C12H17N3O2. The van der Waals surface area contributed by atoms with Gasteiger partial charge in [-0.15, -0.1) is 0 Å². The Balaban J connectivity index is 2.22. The minimum absolute atomic E-state index is 0.0150. The van der Waals surface area contributed by atoms with Crippen molar-refractivity contribution >= 4 is 11.8 Å². The Morgan fingerprint density at radius 2 is 2.18 bits per heavy atom. The fourth-order valence-corrected chi connectivity index (χ4v) is 2.36. The molecule has 0 bridgehead atoms. The standard InChI is InChI=1S/C12H17N3O2/c1-9-6-11(14-8-13-9)15(7-12(16)17)10-4-2-3-5-10/h6,8,10H,2-5,7H2,1H3,(H,16,17). The predicted octanol–water partition coefficient (Wildman–Crippen LogP) is 1.62. The molecule has 0 saturated heterocycles. The lowest BCUT2D eigenvalue weighted by Crippen LogP contribution is -2.38. The molecule has 17 heavy (non-hydrogen) atoms. The van der Waals surface area contributed by atoms with Crippen LogP contribution in [-0.4, -0.2) is 33.6 Å². The van der Waals surface area contributed by atoms with Crippen molar-refractivity contribution in [2.45, 2.75) is 38.6 Å². The van der Waals surface area contributed by atoms with E-state index in [2.05, 4.69) is 9.97 Å². The van der Waals surface area contributed by atoms with Gasteiger partial charge in [-0.25, -0.2) is 9.97 Å². The highest BCUT2D eigenvalue weighted by Gasteiger charge is 2.25. The van der Waals surface area contributed by atoms with Gasteiger partial charge in [0.05, 0.1) is 0 Å². The molecule has 1 aromatic rings. The maximum Gasteiger partial charge on any atom is 0.323 e.